The van der Waals surface area contributed by atoms with E-state index in [0.29, 0.717) is 18.0 Å². The molecular formula is C26H22FN7OS. The second-order valence-electron chi connectivity index (χ2n) is 8.66. The summed E-state index contributed by atoms with van der Waals surface area (Å²) in [6, 6.07) is 11.1. The van der Waals surface area contributed by atoms with Crippen LogP contribution in [0, 0.1) is 5.13 Å². The summed E-state index contributed by atoms with van der Waals surface area (Å²) in [7, 11) is 4.01. The van der Waals surface area contributed by atoms with Crippen molar-refractivity contribution in [3.63, 3.8) is 0 Å². The number of ether oxygens (including phenoxy) is 1. The van der Waals surface area contributed by atoms with Gasteiger partial charge in [-0.3, -0.25) is 15.1 Å². The molecule has 6 heterocycles. The van der Waals surface area contributed by atoms with Crippen molar-refractivity contribution in [1.82, 2.24) is 35.0 Å². The molecule has 0 atom stereocenters. The number of pyridine rings is 3. The Bertz CT molecular complexity index is 1690. The Morgan fingerprint density at radius 3 is 2.78 bits per heavy atom. The molecule has 8 nitrogen and oxygen atoms in total. The van der Waals surface area contributed by atoms with Gasteiger partial charge >= 0.3 is 0 Å². The van der Waals surface area contributed by atoms with Gasteiger partial charge in [-0.25, -0.2) is 4.98 Å². The summed E-state index contributed by atoms with van der Waals surface area (Å²) in [5.41, 5.74) is 5.63. The number of aromatic nitrogens is 6. The van der Waals surface area contributed by atoms with Gasteiger partial charge in [-0.05, 0) is 50.5 Å². The number of likely N-dealkylation sites (N-methyl/N-ethyl adjacent to an activating group) is 1. The smallest absolute Gasteiger partial charge is 0.176 e. The summed E-state index contributed by atoms with van der Waals surface area (Å²) < 4.78 is 19.5. The Kier molecular flexibility index (Phi) is 5.67. The highest BCUT2D eigenvalue weighted by Gasteiger charge is 2.16. The molecule has 6 aromatic rings. The minimum Gasteiger partial charge on any atom is -0.491 e. The van der Waals surface area contributed by atoms with Gasteiger partial charge in [-0.2, -0.15) is 9.49 Å². The third kappa shape index (κ3) is 4.21. The number of H-pyrrole nitrogens is 2. The molecule has 0 bridgehead atoms. The third-order valence-corrected chi connectivity index (χ3v) is 6.80. The highest BCUT2D eigenvalue weighted by molar-refractivity contribution is 7.14. The highest BCUT2D eigenvalue weighted by Crippen LogP contribution is 2.36. The lowest BCUT2D eigenvalue weighted by molar-refractivity contribution is 0.261. The number of nitrogens with zero attached hydrogens (tertiary/aromatic N) is 5. The zero-order valence-corrected chi connectivity index (χ0v) is 20.4. The molecule has 6 aromatic heterocycles. The maximum Gasteiger partial charge on any atom is 0.176 e. The Labute approximate surface area is 209 Å². The van der Waals surface area contributed by atoms with Crippen LogP contribution < -0.4 is 4.74 Å². The fourth-order valence-corrected chi connectivity index (χ4v) is 4.86. The summed E-state index contributed by atoms with van der Waals surface area (Å²) in [5, 5.41) is 9.22. The molecule has 36 heavy (non-hydrogen) atoms. The van der Waals surface area contributed by atoms with Crippen LogP contribution in [0.2, 0.25) is 0 Å². The van der Waals surface area contributed by atoms with Crippen molar-refractivity contribution >= 4 is 33.3 Å². The molecule has 0 radical (unpaired) electrons. The minimum absolute atomic E-state index is 0.217. The number of fused-ring (bicyclic) bond motifs is 2. The molecule has 0 aliphatic heterocycles. The molecule has 0 saturated carbocycles. The fraction of sp³-hybridized carbons (Fsp3) is 0.154. The van der Waals surface area contributed by atoms with Crippen LogP contribution in [-0.4, -0.2) is 62.3 Å². The van der Waals surface area contributed by atoms with Crippen molar-refractivity contribution in [1.29, 1.82) is 0 Å². The number of nitrogens with one attached hydrogen (secondary N) is 2. The van der Waals surface area contributed by atoms with Gasteiger partial charge in [0.1, 0.15) is 23.7 Å². The van der Waals surface area contributed by atoms with Crippen LogP contribution in [0.1, 0.15) is 0 Å². The summed E-state index contributed by atoms with van der Waals surface area (Å²) in [5.74, 6) is 0.697. The largest absolute Gasteiger partial charge is 0.491 e. The molecule has 0 fully saturated rings. The molecule has 0 saturated heterocycles. The normalized spacial score (nSPS) is 11.7. The second kappa shape index (κ2) is 9.14. The summed E-state index contributed by atoms with van der Waals surface area (Å²) in [6.45, 7) is 1.39. The quantitative estimate of drug-likeness (QED) is 0.307. The Morgan fingerprint density at radius 1 is 1.03 bits per heavy atom. The first-order chi connectivity index (χ1) is 17.5. The van der Waals surface area contributed by atoms with E-state index in [1.807, 2.05) is 38.4 Å². The van der Waals surface area contributed by atoms with E-state index in [1.165, 1.54) is 6.07 Å². The van der Waals surface area contributed by atoms with E-state index in [2.05, 4.69) is 35.0 Å². The van der Waals surface area contributed by atoms with Crippen molar-refractivity contribution in [2.75, 3.05) is 27.2 Å². The first-order valence-corrected chi connectivity index (χ1v) is 12.2. The fourth-order valence-electron chi connectivity index (χ4n) is 4.09. The van der Waals surface area contributed by atoms with Crippen molar-refractivity contribution in [3.05, 3.63) is 66.3 Å². The van der Waals surface area contributed by atoms with Crippen LogP contribution in [0.3, 0.4) is 0 Å². The second-order valence-corrected chi connectivity index (χ2v) is 9.69. The maximum absolute atomic E-state index is 13.7. The summed E-state index contributed by atoms with van der Waals surface area (Å²) in [4.78, 5) is 19.7. The monoisotopic (exact) mass is 499 g/mol. The predicted molar refractivity (Wildman–Crippen MR) is 140 cm³/mol. The lowest BCUT2D eigenvalue weighted by Crippen LogP contribution is -2.19. The third-order valence-electron chi connectivity index (χ3n) is 5.89. The standard InChI is InChI=1S/C26H22FN7OS/c1-34(2)7-8-35-16-9-15(12-28-13-16)20-11-19-22(14-30-20)32-33-25(19)21-10-18-17(5-6-29-26(18)31-21)23-3-4-24(27)36-23/h3-6,9-14H,7-8H2,1-2H3,(H,29,31)(H,32,33). The number of aromatic amines is 2. The molecule has 0 unspecified atom stereocenters. The Hall–Kier alpha value is -4.15. The molecule has 0 aliphatic rings. The number of rotatable bonds is 7. The van der Waals surface area contributed by atoms with Crippen molar-refractivity contribution < 1.29 is 9.13 Å². The highest BCUT2D eigenvalue weighted by atomic mass is 32.1. The zero-order chi connectivity index (χ0) is 24.6. The Balaban J connectivity index is 1.37. The van der Waals surface area contributed by atoms with Crippen LogP contribution in [-0.2, 0) is 0 Å². The molecular weight excluding hydrogens is 477 g/mol. The molecule has 0 spiro atoms. The van der Waals surface area contributed by atoms with E-state index in [1.54, 1.807) is 30.9 Å². The van der Waals surface area contributed by atoms with Gasteiger partial charge in [0.2, 0.25) is 0 Å². The van der Waals surface area contributed by atoms with Crippen molar-refractivity contribution in [2.45, 2.75) is 0 Å². The summed E-state index contributed by atoms with van der Waals surface area (Å²) >= 11 is 1.11. The number of hydrogen-bond acceptors (Lipinski definition) is 7. The van der Waals surface area contributed by atoms with Crippen LogP contribution in [0.25, 0.3) is 55.0 Å². The van der Waals surface area contributed by atoms with Gasteiger partial charge in [0.15, 0.2) is 5.13 Å². The van der Waals surface area contributed by atoms with Gasteiger partial charge in [-0.15, -0.1) is 11.3 Å². The zero-order valence-electron chi connectivity index (χ0n) is 19.6. The first-order valence-electron chi connectivity index (χ1n) is 11.4. The van der Waals surface area contributed by atoms with Crippen LogP contribution >= 0.6 is 11.3 Å². The number of hydrogen-bond donors (Lipinski definition) is 2. The molecule has 2 N–H and O–H groups in total. The topological polar surface area (TPSA) is 95.6 Å². The van der Waals surface area contributed by atoms with Crippen LogP contribution in [0.4, 0.5) is 4.39 Å². The molecule has 6 rings (SSSR count). The van der Waals surface area contributed by atoms with E-state index in [-0.39, 0.29) is 5.13 Å². The van der Waals surface area contributed by atoms with E-state index in [0.717, 1.165) is 67.3 Å². The minimum atomic E-state index is -0.217. The molecule has 0 aliphatic carbocycles. The van der Waals surface area contributed by atoms with Crippen molar-refractivity contribution in [2.24, 2.45) is 0 Å². The number of halogens is 1. The Morgan fingerprint density at radius 2 is 1.94 bits per heavy atom. The first kappa shape index (κ1) is 22.3. The lowest BCUT2D eigenvalue weighted by atomic mass is 10.1. The van der Waals surface area contributed by atoms with E-state index in [4.69, 9.17) is 4.74 Å². The van der Waals surface area contributed by atoms with Gasteiger partial charge in [-0.1, -0.05) is 0 Å². The van der Waals surface area contributed by atoms with Crippen LogP contribution in [0.15, 0.2) is 61.2 Å². The number of thiophene rings is 1. The van der Waals surface area contributed by atoms with Crippen LogP contribution in [0.5, 0.6) is 5.75 Å². The van der Waals surface area contributed by atoms with E-state index >= 15 is 0 Å². The van der Waals surface area contributed by atoms with Gasteiger partial charge in [0, 0.05) is 45.7 Å². The lowest BCUT2D eigenvalue weighted by Gasteiger charge is -2.11. The van der Waals surface area contributed by atoms with Gasteiger partial charge in [0.05, 0.1) is 29.3 Å². The predicted octanol–water partition coefficient (Wildman–Crippen LogP) is 5.37. The molecule has 180 valence electrons. The van der Waals surface area contributed by atoms with Gasteiger partial charge < -0.3 is 14.6 Å². The average molecular weight is 500 g/mol. The SMILES string of the molecule is CN(C)CCOc1cncc(-c2cc3c(-c4cc5c(-c6ccc(F)s6)ccnc5[nH]4)n[nH]c3cn2)c1. The maximum atomic E-state index is 13.7. The van der Waals surface area contributed by atoms with Crippen molar-refractivity contribution in [3.8, 4) is 38.8 Å². The molecule has 10 heteroatoms. The molecule has 0 amide bonds. The molecule has 0 aromatic carbocycles. The van der Waals surface area contributed by atoms with E-state index < -0.39 is 0 Å². The summed E-state index contributed by atoms with van der Waals surface area (Å²) in [6.07, 6.45) is 6.96. The van der Waals surface area contributed by atoms with E-state index in [9.17, 15) is 4.39 Å². The van der Waals surface area contributed by atoms with Gasteiger partial charge in [0.25, 0.3) is 0 Å². The average Bonchev–Trinajstić information content (AvgIpc) is 3.61.